The molecule has 0 saturated carbocycles. The fourth-order valence-corrected chi connectivity index (χ4v) is 3.48. The number of benzene rings is 2. The topological polar surface area (TPSA) is 60.2 Å². The Kier molecular flexibility index (Phi) is 3.62. The van der Waals surface area contributed by atoms with E-state index in [2.05, 4.69) is 0 Å². The summed E-state index contributed by atoms with van der Waals surface area (Å²) < 4.78 is 24.8. The zero-order valence-corrected chi connectivity index (χ0v) is 11.9. The third-order valence-corrected chi connectivity index (χ3v) is 4.84. The lowest BCUT2D eigenvalue weighted by Crippen LogP contribution is -2.08. The highest BCUT2D eigenvalue weighted by molar-refractivity contribution is 7.90. The van der Waals surface area contributed by atoms with Crippen LogP contribution in [0.1, 0.15) is 16.7 Å². The SMILES string of the molecule is Cc1ccc(CS(=O)(=O)c2cccc(C)c2N)cc1. The molecule has 100 valence electrons. The Morgan fingerprint density at radius 1 is 1.00 bits per heavy atom. The van der Waals surface area contributed by atoms with Gasteiger partial charge in [0.15, 0.2) is 9.84 Å². The molecule has 2 aromatic carbocycles. The van der Waals surface area contributed by atoms with Gasteiger partial charge >= 0.3 is 0 Å². The molecule has 2 rings (SSSR count). The van der Waals surface area contributed by atoms with Crippen LogP contribution in [0.2, 0.25) is 0 Å². The summed E-state index contributed by atoms with van der Waals surface area (Å²) in [6.07, 6.45) is 0. The minimum Gasteiger partial charge on any atom is -0.397 e. The zero-order valence-electron chi connectivity index (χ0n) is 11.1. The van der Waals surface area contributed by atoms with Gasteiger partial charge in [-0.2, -0.15) is 0 Å². The van der Waals surface area contributed by atoms with E-state index in [1.807, 2.05) is 31.2 Å². The number of hydrogen-bond donors (Lipinski definition) is 1. The van der Waals surface area contributed by atoms with E-state index >= 15 is 0 Å². The van der Waals surface area contributed by atoms with Gasteiger partial charge in [-0.1, -0.05) is 42.0 Å². The summed E-state index contributed by atoms with van der Waals surface area (Å²) in [6, 6.07) is 12.6. The van der Waals surface area contributed by atoms with Crippen molar-refractivity contribution in [3.8, 4) is 0 Å². The molecule has 4 heteroatoms. The average Bonchev–Trinajstić information content (AvgIpc) is 2.35. The van der Waals surface area contributed by atoms with Crippen LogP contribution >= 0.6 is 0 Å². The highest BCUT2D eigenvalue weighted by Crippen LogP contribution is 2.25. The van der Waals surface area contributed by atoms with Gasteiger partial charge in [0.2, 0.25) is 0 Å². The highest BCUT2D eigenvalue weighted by Gasteiger charge is 2.18. The molecule has 2 aromatic rings. The van der Waals surface area contributed by atoms with Crippen molar-refractivity contribution in [3.63, 3.8) is 0 Å². The van der Waals surface area contributed by atoms with Crippen molar-refractivity contribution in [2.75, 3.05) is 5.73 Å². The summed E-state index contributed by atoms with van der Waals surface area (Å²) in [5, 5.41) is 0. The summed E-state index contributed by atoms with van der Waals surface area (Å²) >= 11 is 0. The summed E-state index contributed by atoms with van der Waals surface area (Å²) in [6.45, 7) is 3.77. The first kappa shape index (κ1) is 13.6. The standard InChI is InChI=1S/C15H17NO2S/c1-11-6-8-13(9-7-11)10-19(17,18)14-5-3-4-12(2)15(14)16/h3-9H,10,16H2,1-2H3. The van der Waals surface area contributed by atoms with Crippen LogP contribution < -0.4 is 5.73 Å². The molecule has 0 radical (unpaired) electrons. The Morgan fingerprint density at radius 2 is 1.63 bits per heavy atom. The van der Waals surface area contributed by atoms with Crippen LogP contribution in [0, 0.1) is 13.8 Å². The van der Waals surface area contributed by atoms with E-state index in [9.17, 15) is 8.42 Å². The Labute approximate surface area is 114 Å². The number of sulfone groups is 1. The molecule has 2 N–H and O–H groups in total. The van der Waals surface area contributed by atoms with E-state index < -0.39 is 9.84 Å². The van der Waals surface area contributed by atoms with Crippen molar-refractivity contribution in [2.45, 2.75) is 24.5 Å². The number of hydrogen-bond acceptors (Lipinski definition) is 3. The first-order chi connectivity index (χ1) is 8.90. The molecule has 19 heavy (non-hydrogen) atoms. The molecular formula is C15H17NO2S. The van der Waals surface area contributed by atoms with Gasteiger partial charge in [-0.3, -0.25) is 0 Å². The van der Waals surface area contributed by atoms with Crippen LogP contribution in [0.3, 0.4) is 0 Å². The molecule has 0 aliphatic heterocycles. The third kappa shape index (κ3) is 2.96. The van der Waals surface area contributed by atoms with Crippen molar-refractivity contribution in [1.82, 2.24) is 0 Å². The van der Waals surface area contributed by atoms with Crippen molar-refractivity contribution >= 4 is 15.5 Å². The van der Waals surface area contributed by atoms with Crippen molar-refractivity contribution < 1.29 is 8.42 Å². The highest BCUT2D eigenvalue weighted by atomic mass is 32.2. The number of rotatable bonds is 3. The summed E-state index contributed by atoms with van der Waals surface area (Å²) in [5.74, 6) is -0.0269. The quantitative estimate of drug-likeness (QED) is 0.876. The van der Waals surface area contributed by atoms with Crippen LogP contribution in [0.5, 0.6) is 0 Å². The Balaban J connectivity index is 2.38. The van der Waals surface area contributed by atoms with Gasteiger partial charge < -0.3 is 5.73 Å². The molecule has 3 nitrogen and oxygen atoms in total. The number of aryl methyl sites for hydroxylation is 2. The molecule has 0 bridgehead atoms. The maximum Gasteiger partial charge on any atom is 0.184 e. The molecule has 0 spiro atoms. The first-order valence-electron chi connectivity index (χ1n) is 6.03. The van der Waals surface area contributed by atoms with E-state index in [0.29, 0.717) is 5.69 Å². The third-order valence-electron chi connectivity index (χ3n) is 3.10. The molecule has 0 aliphatic carbocycles. The summed E-state index contributed by atoms with van der Waals surface area (Å²) in [7, 11) is -3.40. The number of anilines is 1. The maximum absolute atomic E-state index is 12.4. The van der Waals surface area contributed by atoms with Gasteiger partial charge in [0, 0.05) is 0 Å². The normalized spacial score (nSPS) is 11.5. The van der Waals surface area contributed by atoms with Gasteiger partial charge in [-0.15, -0.1) is 0 Å². The molecule has 0 saturated heterocycles. The summed E-state index contributed by atoms with van der Waals surface area (Å²) in [4.78, 5) is 0.216. The molecule has 0 aromatic heterocycles. The average molecular weight is 275 g/mol. The van der Waals surface area contributed by atoms with Gasteiger partial charge in [-0.25, -0.2) is 8.42 Å². The Morgan fingerprint density at radius 3 is 2.26 bits per heavy atom. The second kappa shape index (κ2) is 5.05. The van der Waals surface area contributed by atoms with Gasteiger partial charge in [-0.05, 0) is 31.0 Å². The van der Waals surface area contributed by atoms with Crippen LogP contribution in [-0.4, -0.2) is 8.42 Å². The fraction of sp³-hybridized carbons (Fsp3) is 0.200. The largest absolute Gasteiger partial charge is 0.397 e. The van der Waals surface area contributed by atoms with Gasteiger partial charge in [0.25, 0.3) is 0 Å². The van der Waals surface area contributed by atoms with E-state index in [1.165, 1.54) is 0 Å². The van der Waals surface area contributed by atoms with Crippen LogP contribution in [0.4, 0.5) is 5.69 Å². The first-order valence-corrected chi connectivity index (χ1v) is 7.69. The minimum atomic E-state index is -3.40. The lowest BCUT2D eigenvalue weighted by Gasteiger charge is -2.09. The molecule has 0 aliphatic rings. The zero-order chi connectivity index (χ0) is 14.0. The van der Waals surface area contributed by atoms with Crippen LogP contribution in [0.25, 0.3) is 0 Å². The number of para-hydroxylation sites is 1. The molecule has 0 fully saturated rings. The minimum absolute atomic E-state index is 0.0269. The smallest absolute Gasteiger partial charge is 0.184 e. The second-order valence-corrected chi connectivity index (χ2v) is 6.69. The predicted octanol–water partition coefficient (Wildman–Crippen LogP) is 2.86. The fourth-order valence-electron chi connectivity index (χ4n) is 1.91. The molecule has 0 unspecified atom stereocenters. The maximum atomic E-state index is 12.4. The summed E-state index contributed by atoms with van der Waals surface area (Å²) in [5.41, 5.74) is 8.87. The van der Waals surface area contributed by atoms with E-state index in [4.69, 9.17) is 5.73 Å². The van der Waals surface area contributed by atoms with Crippen LogP contribution in [-0.2, 0) is 15.6 Å². The van der Waals surface area contributed by atoms with Gasteiger partial charge in [0.05, 0.1) is 16.3 Å². The lowest BCUT2D eigenvalue weighted by atomic mass is 10.2. The molecule has 0 amide bonds. The van der Waals surface area contributed by atoms with E-state index in [-0.39, 0.29) is 10.6 Å². The molecular weight excluding hydrogens is 258 g/mol. The Hall–Kier alpha value is -1.81. The van der Waals surface area contributed by atoms with Gasteiger partial charge in [0.1, 0.15) is 0 Å². The molecule has 0 heterocycles. The molecule has 0 atom stereocenters. The van der Waals surface area contributed by atoms with Crippen LogP contribution in [0.15, 0.2) is 47.4 Å². The van der Waals surface area contributed by atoms with Crippen molar-refractivity contribution in [3.05, 3.63) is 59.2 Å². The Bertz CT molecular complexity index is 689. The van der Waals surface area contributed by atoms with Crippen molar-refractivity contribution in [2.24, 2.45) is 0 Å². The predicted molar refractivity (Wildman–Crippen MR) is 77.7 cm³/mol. The van der Waals surface area contributed by atoms with E-state index in [0.717, 1.165) is 16.7 Å². The monoisotopic (exact) mass is 275 g/mol. The lowest BCUT2D eigenvalue weighted by molar-refractivity contribution is 0.595. The van der Waals surface area contributed by atoms with Crippen molar-refractivity contribution in [1.29, 1.82) is 0 Å². The number of nitrogen functional groups attached to an aromatic ring is 1. The number of nitrogens with two attached hydrogens (primary N) is 1. The second-order valence-electron chi connectivity index (χ2n) is 4.73. The van der Waals surface area contributed by atoms with E-state index in [1.54, 1.807) is 25.1 Å².